The Hall–Kier alpha value is -2.80. The molecule has 1 aliphatic heterocycles. The van der Waals surface area contributed by atoms with Gasteiger partial charge >= 0.3 is 6.18 Å². The van der Waals surface area contributed by atoms with Crippen LogP contribution in [0.5, 0.6) is 5.75 Å². The number of halogens is 3. The number of para-hydroxylation sites is 1. The minimum Gasteiger partial charge on any atom is -0.492 e. The molecule has 31 heavy (non-hydrogen) atoms. The van der Waals surface area contributed by atoms with E-state index in [0.717, 1.165) is 24.3 Å². The second-order valence-corrected chi connectivity index (χ2v) is 10.0. The summed E-state index contributed by atoms with van der Waals surface area (Å²) in [5.74, 6) is -1.40. The van der Waals surface area contributed by atoms with Gasteiger partial charge in [-0.1, -0.05) is 12.1 Å². The highest BCUT2D eigenvalue weighted by Crippen LogP contribution is 2.37. The maximum atomic E-state index is 13.3. The van der Waals surface area contributed by atoms with Gasteiger partial charge in [0, 0.05) is 6.42 Å². The van der Waals surface area contributed by atoms with E-state index in [1.807, 2.05) is 4.72 Å². The molecule has 8 nitrogen and oxygen atoms in total. The number of alkyl halides is 3. The molecule has 1 heterocycles. The molecule has 0 radical (unpaired) electrons. The van der Waals surface area contributed by atoms with E-state index in [9.17, 15) is 34.8 Å². The van der Waals surface area contributed by atoms with E-state index in [2.05, 4.69) is 0 Å². The van der Waals surface area contributed by atoms with E-state index < -0.39 is 54.0 Å². The molecule has 1 saturated heterocycles. The Morgan fingerprint density at radius 1 is 1.16 bits per heavy atom. The van der Waals surface area contributed by atoms with Crippen LogP contribution in [0, 0.1) is 0 Å². The number of benzene rings is 2. The molecule has 1 fully saturated rings. The predicted octanol–water partition coefficient (Wildman–Crippen LogP) is 2.97. The van der Waals surface area contributed by atoms with Crippen molar-refractivity contribution in [3.63, 3.8) is 0 Å². The van der Waals surface area contributed by atoms with Crippen LogP contribution in [0.4, 0.5) is 24.5 Å². The Labute approximate surface area is 176 Å². The van der Waals surface area contributed by atoms with E-state index >= 15 is 0 Å². The van der Waals surface area contributed by atoms with E-state index in [1.165, 1.54) is 12.1 Å². The van der Waals surface area contributed by atoms with Crippen molar-refractivity contribution in [1.82, 2.24) is 0 Å². The van der Waals surface area contributed by atoms with Crippen molar-refractivity contribution in [2.45, 2.75) is 24.4 Å². The lowest BCUT2D eigenvalue weighted by Crippen LogP contribution is -2.29. The van der Waals surface area contributed by atoms with Crippen molar-refractivity contribution in [3.8, 4) is 5.75 Å². The number of carbonyl (C=O) groups is 1. The molecule has 0 spiro atoms. The molecule has 2 aromatic carbocycles. The normalized spacial score (nSPS) is 16.4. The Kier molecular flexibility index (Phi) is 5.93. The van der Waals surface area contributed by atoms with E-state index in [4.69, 9.17) is 4.74 Å². The summed E-state index contributed by atoms with van der Waals surface area (Å²) in [4.78, 5) is 11.4. The Balaban J connectivity index is 2.11. The third-order valence-corrected chi connectivity index (χ3v) is 7.38. The van der Waals surface area contributed by atoms with Crippen LogP contribution in [0.3, 0.4) is 0 Å². The zero-order valence-electron chi connectivity index (χ0n) is 16.0. The third kappa shape index (κ3) is 4.61. The number of nitrogens with zero attached hydrogens (tertiary/aromatic N) is 1. The number of anilines is 2. The average molecular weight is 478 g/mol. The quantitative estimate of drug-likeness (QED) is 0.684. The average Bonchev–Trinajstić information content (AvgIpc) is 2.94. The van der Waals surface area contributed by atoms with E-state index in [1.54, 1.807) is 6.92 Å². The highest BCUT2D eigenvalue weighted by Gasteiger charge is 2.38. The van der Waals surface area contributed by atoms with Gasteiger partial charge in [-0.2, -0.15) is 13.2 Å². The van der Waals surface area contributed by atoms with Gasteiger partial charge in [0.15, 0.2) is 0 Å². The second kappa shape index (κ2) is 8.04. The lowest BCUT2D eigenvalue weighted by molar-refractivity contribution is -0.136. The summed E-state index contributed by atoms with van der Waals surface area (Å²) in [5.41, 5.74) is -2.17. The smallest absolute Gasteiger partial charge is 0.418 e. The summed E-state index contributed by atoms with van der Waals surface area (Å²) < 4.78 is 97.7. The van der Waals surface area contributed by atoms with Crippen molar-refractivity contribution >= 4 is 37.3 Å². The summed E-state index contributed by atoms with van der Waals surface area (Å²) in [6.45, 7) is 1.59. The maximum absolute atomic E-state index is 13.3. The van der Waals surface area contributed by atoms with Crippen LogP contribution in [0.2, 0.25) is 0 Å². The molecule has 2 aromatic rings. The summed E-state index contributed by atoms with van der Waals surface area (Å²) in [6, 6.07) is 7.20. The lowest BCUT2D eigenvalue weighted by Gasteiger charge is -2.19. The van der Waals surface area contributed by atoms with Gasteiger partial charge in [-0.3, -0.25) is 9.52 Å². The summed E-state index contributed by atoms with van der Waals surface area (Å²) in [7, 11) is -8.65. The number of amides is 1. The Morgan fingerprint density at radius 2 is 1.84 bits per heavy atom. The molecule has 0 saturated carbocycles. The first-order valence-electron chi connectivity index (χ1n) is 8.88. The molecule has 13 heteroatoms. The Bertz CT molecular complexity index is 1230. The highest BCUT2D eigenvalue weighted by molar-refractivity contribution is 7.94. The molecule has 0 aromatic heterocycles. The van der Waals surface area contributed by atoms with Gasteiger partial charge in [-0.05, 0) is 37.3 Å². The number of hydrogen-bond acceptors (Lipinski definition) is 6. The summed E-state index contributed by atoms with van der Waals surface area (Å²) >= 11 is 0. The van der Waals surface area contributed by atoms with Gasteiger partial charge in [-0.15, -0.1) is 0 Å². The van der Waals surface area contributed by atoms with Crippen molar-refractivity contribution in [2.75, 3.05) is 21.4 Å². The van der Waals surface area contributed by atoms with E-state index in [0.29, 0.717) is 10.4 Å². The monoisotopic (exact) mass is 478 g/mol. The molecule has 0 atom stereocenters. The molecular weight excluding hydrogens is 461 g/mol. The third-order valence-electron chi connectivity index (χ3n) is 4.31. The largest absolute Gasteiger partial charge is 0.492 e. The molecule has 168 valence electrons. The summed E-state index contributed by atoms with van der Waals surface area (Å²) in [5, 5.41) is 0. The fourth-order valence-corrected chi connectivity index (χ4v) is 5.69. The first-order valence-corrected chi connectivity index (χ1v) is 12.0. The SMILES string of the molecule is CCOc1ccc(N2C(=O)CCS2(=O)=O)cc1S(=O)(=O)Nc1ccccc1C(F)(F)F. The van der Waals surface area contributed by atoms with Crippen molar-refractivity contribution < 1.29 is 39.5 Å². The molecule has 0 bridgehead atoms. The number of rotatable bonds is 6. The van der Waals surface area contributed by atoms with Crippen LogP contribution in [0.25, 0.3) is 0 Å². The van der Waals surface area contributed by atoms with Gasteiger partial charge in [0.25, 0.3) is 10.0 Å². The topological polar surface area (TPSA) is 110 Å². The molecule has 3 rings (SSSR count). The Morgan fingerprint density at radius 3 is 2.42 bits per heavy atom. The number of nitrogens with one attached hydrogen (secondary N) is 1. The number of hydrogen-bond donors (Lipinski definition) is 1. The molecule has 0 unspecified atom stereocenters. The van der Waals surface area contributed by atoms with Crippen molar-refractivity contribution in [2.24, 2.45) is 0 Å². The zero-order chi connectivity index (χ0) is 23.0. The number of ether oxygens (including phenoxy) is 1. The van der Waals surface area contributed by atoms with Crippen LogP contribution in [0.1, 0.15) is 18.9 Å². The fraction of sp³-hybridized carbons (Fsp3) is 0.278. The first-order chi connectivity index (χ1) is 14.4. The van der Waals surface area contributed by atoms with Gasteiger partial charge in [0.05, 0.1) is 29.3 Å². The van der Waals surface area contributed by atoms with Crippen LogP contribution >= 0.6 is 0 Å². The summed E-state index contributed by atoms with van der Waals surface area (Å²) in [6.07, 6.45) is -5.09. The molecule has 1 N–H and O–H groups in total. The maximum Gasteiger partial charge on any atom is 0.418 e. The standard InChI is InChI=1S/C18H17F3N2O6S2/c1-2-29-15-8-7-12(23-17(24)9-10-30(23,25)26)11-16(15)31(27,28)22-14-6-4-3-5-13(14)18(19,20)21/h3-8,11,22H,2,9-10H2,1H3. The lowest BCUT2D eigenvalue weighted by atomic mass is 10.2. The van der Waals surface area contributed by atoms with Gasteiger partial charge in [0.1, 0.15) is 10.6 Å². The number of carbonyl (C=O) groups excluding carboxylic acids is 1. The number of sulfonamides is 2. The molecule has 1 amide bonds. The van der Waals surface area contributed by atoms with Crippen LogP contribution < -0.4 is 13.8 Å². The highest BCUT2D eigenvalue weighted by atomic mass is 32.2. The van der Waals surface area contributed by atoms with E-state index in [-0.39, 0.29) is 24.5 Å². The van der Waals surface area contributed by atoms with Crippen LogP contribution in [-0.2, 0) is 31.0 Å². The molecular formula is C18H17F3N2O6S2. The molecule has 1 aliphatic rings. The van der Waals surface area contributed by atoms with Crippen molar-refractivity contribution in [3.05, 3.63) is 48.0 Å². The molecule has 0 aliphatic carbocycles. The van der Waals surface area contributed by atoms with Crippen LogP contribution in [0.15, 0.2) is 47.4 Å². The minimum atomic E-state index is -4.82. The zero-order valence-corrected chi connectivity index (χ0v) is 17.6. The minimum absolute atomic E-state index is 0.0297. The van der Waals surface area contributed by atoms with Gasteiger partial charge in [-0.25, -0.2) is 21.1 Å². The fourth-order valence-electron chi connectivity index (χ4n) is 3.00. The predicted molar refractivity (Wildman–Crippen MR) is 106 cm³/mol. The van der Waals surface area contributed by atoms with Crippen molar-refractivity contribution in [1.29, 1.82) is 0 Å². The van der Waals surface area contributed by atoms with Crippen LogP contribution in [-0.4, -0.2) is 35.1 Å². The van der Waals surface area contributed by atoms with Gasteiger partial charge in [0.2, 0.25) is 15.9 Å². The van der Waals surface area contributed by atoms with Gasteiger partial charge < -0.3 is 4.74 Å². The second-order valence-electron chi connectivity index (χ2n) is 6.44. The first kappa shape index (κ1) is 22.9.